The summed E-state index contributed by atoms with van der Waals surface area (Å²) in [7, 11) is 0. The minimum absolute atomic E-state index is 0.0841. The van der Waals surface area contributed by atoms with Gasteiger partial charge in [-0.3, -0.25) is 0 Å². The lowest BCUT2D eigenvalue weighted by molar-refractivity contribution is -0.129. The van der Waals surface area contributed by atoms with Crippen LogP contribution in [0.5, 0.6) is 0 Å². The van der Waals surface area contributed by atoms with Crippen LogP contribution in [-0.4, -0.2) is 56.3 Å². The zero-order chi connectivity index (χ0) is 12.5. The number of nitrogens with one attached hydrogen (secondary N) is 3. The molecule has 4 N–H and O–H groups in total. The number of ether oxygens (including phenoxy) is 1. The van der Waals surface area contributed by atoms with Crippen LogP contribution in [0, 0.1) is 0 Å². The van der Waals surface area contributed by atoms with Gasteiger partial charge in [0.1, 0.15) is 0 Å². The van der Waals surface area contributed by atoms with E-state index in [1.165, 1.54) is 0 Å². The fourth-order valence-corrected chi connectivity index (χ4v) is 1.95. The molecule has 2 atom stereocenters. The first-order valence-electron chi connectivity index (χ1n) is 6.67. The van der Waals surface area contributed by atoms with E-state index < -0.39 is 6.29 Å². The zero-order valence-electron chi connectivity index (χ0n) is 11.0. The SMILES string of the molecule is CC(C)OC(O)CCC1CNCCNCCN1. The van der Waals surface area contributed by atoms with E-state index in [0.717, 1.165) is 39.1 Å². The Morgan fingerprint density at radius 1 is 1.18 bits per heavy atom. The summed E-state index contributed by atoms with van der Waals surface area (Å²) in [4.78, 5) is 0. The van der Waals surface area contributed by atoms with Crippen LogP contribution >= 0.6 is 0 Å². The Morgan fingerprint density at radius 2 is 1.88 bits per heavy atom. The highest BCUT2D eigenvalue weighted by molar-refractivity contribution is 4.73. The van der Waals surface area contributed by atoms with Gasteiger partial charge < -0.3 is 25.8 Å². The van der Waals surface area contributed by atoms with Crippen LogP contribution in [0.25, 0.3) is 0 Å². The summed E-state index contributed by atoms with van der Waals surface area (Å²) < 4.78 is 5.32. The smallest absolute Gasteiger partial charge is 0.154 e. The highest BCUT2D eigenvalue weighted by Gasteiger charge is 2.13. The molecule has 0 radical (unpaired) electrons. The lowest BCUT2D eigenvalue weighted by Crippen LogP contribution is -2.40. The van der Waals surface area contributed by atoms with Gasteiger partial charge in [0, 0.05) is 38.8 Å². The molecule has 0 aliphatic carbocycles. The Kier molecular flexibility index (Phi) is 7.72. The first-order valence-corrected chi connectivity index (χ1v) is 6.67. The molecule has 1 saturated heterocycles. The van der Waals surface area contributed by atoms with E-state index in [-0.39, 0.29) is 6.10 Å². The number of aliphatic hydroxyl groups is 1. The van der Waals surface area contributed by atoms with Gasteiger partial charge in [-0.2, -0.15) is 0 Å². The van der Waals surface area contributed by atoms with E-state index in [9.17, 15) is 5.11 Å². The fraction of sp³-hybridized carbons (Fsp3) is 1.00. The van der Waals surface area contributed by atoms with Gasteiger partial charge in [0.2, 0.25) is 0 Å². The number of rotatable bonds is 5. The quantitative estimate of drug-likeness (QED) is 0.499. The lowest BCUT2D eigenvalue weighted by Gasteiger charge is -2.21. The number of aliphatic hydroxyl groups excluding tert-OH is 1. The number of hydrogen-bond acceptors (Lipinski definition) is 5. The Labute approximate surface area is 104 Å². The second kappa shape index (κ2) is 8.83. The Morgan fingerprint density at radius 3 is 2.65 bits per heavy atom. The van der Waals surface area contributed by atoms with Crippen LogP contribution in [0.4, 0.5) is 0 Å². The summed E-state index contributed by atoms with van der Waals surface area (Å²) in [6.07, 6.45) is 1.06. The molecule has 17 heavy (non-hydrogen) atoms. The van der Waals surface area contributed by atoms with E-state index in [2.05, 4.69) is 16.0 Å². The second-order valence-electron chi connectivity index (χ2n) is 4.82. The zero-order valence-corrected chi connectivity index (χ0v) is 11.0. The molecule has 1 aliphatic rings. The topological polar surface area (TPSA) is 65.5 Å². The highest BCUT2D eigenvalue weighted by Crippen LogP contribution is 2.05. The predicted octanol–water partition coefficient (Wildman–Crippen LogP) is -0.339. The van der Waals surface area contributed by atoms with Crippen LogP contribution in [0.1, 0.15) is 26.7 Å². The molecule has 1 fully saturated rings. The van der Waals surface area contributed by atoms with Gasteiger partial charge >= 0.3 is 0 Å². The van der Waals surface area contributed by atoms with Crippen molar-refractivity contribution < 1.29 is 9.84 Å². The van der Waals surface area contributed by atoms with E-state index in [0.29, 0.717) is 12.5 Å². The van der Waals surface area contributed by atoms with Crippen molar-refractivity contribution in [2.24, 2.45) is 0 Å². The second-order valence-corrected chi connectivity index (χ2v) is 4.82. The average molecular weight is 245 g/mol. The molecule has 0 aromatic carbocycles. The maximum atomic E-state index is 9.65. The molecule has 0 spiro atoms. The maximum absolute atomic E-state index is 9.65. The normalized spacial score (nSPS) is 25.1. The van der Waals surface area contributed by atoms with Crippen LogP contribution in [0.15, 0.2) is 0 Å². The lowest BCUT2D eigenvalue weighted by atomic mass is 10.1. The summed E-state index contributed by atoms with van der Waals surface area (Å²) >= 11 is 0. The first-order chi connectivity index (χ1) is 8.18. The van der Waals surface area contributed by atoms with Gasteiger partial charge in [-0.05, 0) is 26.7 Å². The van der Waals surface area contributed by atoms with Crippen LogP contribution in [0.2, 0.25) is 0 Å². The van der Waals surface area contributed by atoms with Crippen LogP contribution < -0.4 is 16.0 Å². The summed E-state index contributed by atoms with van der Waals surface area (Å²) in [6, 6.07) is 0.417. The molecule has 0 bridgehead atoms. The fourth-order valence-electron chi connectivity index (χ4n) is 1.95. The van der Waals surface area contributed by atoms with Crippen molar-refractivity contribution >= 4 is 0 Å². The summed E-state index contributed by atoms with van der Waals surface area (Å²) in [5, 5.41) is 19.9. The van der Waals surface area contributed by atoms with Gasteiger partial charge in [-0.1, -0.05) is 0 Å². The molecule has 0 amide bonds. The van der Waals surface area contributed by atoms with Gasteiger partial charge in [-0.15, -0.1) is 0 Å². The molecule has 1 aliphatic heterocycles. The molecule has 0 aromatic heterocycles. The Hall–Kier alpha value is -0.200. The van der Waals surface area contributed by atoms with Crippen molar-refractivity contribution in [1.29, 1.82) is 0 Å². The van der Waals surface area contributed by atoms with Gasteiger partial charge in [0.15, 0.2) is 6.29 Å². The summed E-state index contributed by atoms with van der Waals surface area (Å²) in [5.74, 6) is 0. The largest absolute Gasteiger partial charge is 0.368 e. The summed E-state index contributed by atoms with van der Waals surface area (Å²) in [5.41, 5.74) is 0. The van der Waals surface area contributed by atoms with Crippen molar-refractivity contribution in [2.45, 2.75) is 45.1 Å². The van der Waals surface area contributed by atoms with E-state index in [1.54, 1.807) is 0 Å². The first kappa shape index (κ1) is 14.9. The van der Waals surface area contributed by atoms with Crippen molar-refractivity contribution in [3.63, 3.8) is 0 Å². The molecule has 0 aromatic rings. The van der Waals surface area contributed by atoms with E-state index in [1.807, 2.05) is 13.8 Å². The molecule has 102 valence electrons. The minimum Gasteiger partial charge on any atom is -0.368 e. The van der Waals surface area contributed by atoms with Gasteiger partial charge in [0.05, 0.1) is 6.10 Å². The molecule has 1 heterocycles. The van der Waals surface area contributed by atoms with Crippen molar-refractivity contribution in [2.75, 3.05) is 32.7 Å². The van der Waals surface area contributed by atoms with Crippen LogP contribution in [0.3, 0.4) is 0 Å². The van der Waals surface area contributed by atoms with Gasteiger partial charge in [0.25, 0.3) is 0 Å². The molecular weight excluding hydrogens is 218 g/mol. The highest BCUT2D eigenvalue weighted by atomic mass is 16.6. The van der Waals surface area contributed by atoms with E-state index >= 15 is 0 Å². The maximum Gasteiger partial charge on any atom is 0.154 e. The Bertz CT molecular complexity index is 181. The van der Waals surface area contributed by atoms with Gasteiger partial charge in [-0.25, -0.2) is 0 Å². The third kappa shape index (κ3) is 7.68. The van der Waals surface area contributed by atoms with E-state index in [4.69, 9.17) is 4.74 Å². The molecular formula is C12H27N3O2. The Balaban J connectivity index is 2.18. The summed E-state index contributed by atoms with van der Waals surface area (Å²) in [6.45, 7) is 8.84. The third-order valence-electron chi connectivity index (χ3n) is 2.80. The monoisotopic (exact) mass is 245 g/mol. The molecule has 5 heteroatoms. The third-order valence-corrected chi connectivity index (χ3v) is 2.80. The number of hydrogen-bond donors (Lipinski definition) is 4. The van der Waals surface area contributed by atoms with Crippen molar-refractivity contribution in [3.8, 4) is 0 Å². The standard InChI is InChI=1S/C12H27N3O2/c1-10(2)17-12(16)4-3-11-9-14-6-5-13-7-8-15-11/h10-16H,3-9H2,1-2H3. The van der Waals surface area contributed by atoms with Crippen molar-refractivity contribution in [3.05, 3.63) is 0 Å². The van der Waals surface area contributed by atoms with Crippen molar-refractivity contribution in [1.82, 2.24) is 16.0 Å². The molecule has 2 unspecified atom stereocenters. The predicted molar refractivity (Wildman–Crippen MR) is 69.0 cm³/mol. The van der Waals surface area contributed by atoms with Crippen LogP contribution in [-0.2, 0) is 4.74 Å². The minimum atomic E-state index is -0.637. The average Bonchev–Trinajstić information content (AvgIpc) is 2.38. The molecule has 1 rings (SSSR count). The molecule has 5 nitrogen and oxygen atoms in total. The molecule has 0 saturated carbocycles.